The second-order valence-corrected chi connectivity index (χ2v) is 7.57. The first-order valence-electron chi connectivity index (χ1n) is 7.16. The highest BCUT2D eigenvalue weighted by molar-refractivity contribution is 14.1. The summed E-state index contributed by atoms with van der Waals surface area (Å²) in [7, 11) is 0. The lowest BCUT2D eigenvalue weighted by Gasteiger charge is -2.51. The van der Waals surface area contributed by atoms with Crippen LogP contribution in [-0.4, -0.2) is 17.7 Å². The zero-order valence-electron chi connectivity index (χ0n) is 11.4. The SMILES string of the molecule is O=C(O)C12CCC(COc3ccc(I)cc3)(CC1)CC2. The van der Waals surface area contributed by atoms with E-state index < -0.39 is 11.4 Å². The van der Waals surface area contributed by atoms with Gasteiger partial charge in [0.1, 0.15) is 5.75 Å². The first-order chi connectivity index (χ1) is 9.54. The Morgan fingerprint density at radius 1 is 1.10 bits per heavy atom. The molecule has 3 nitrogen and oxygen atoms in total. The summed E-state index contributed by atoms with van der Waals surface area (Å²) in [4.78, 5) is 11.4. The highest BCUT2D eigenvalue weighted by Crippen LogP contribution is 2.57. The van der Waals surface area contributed by atoms with Crippen molar-refractivity contribution in [3.05, 3.63) is 27.8 Å². The second-order valence-electron chi connectivity index (χ2n) is 6.33. The van der Waals surface area contributed by atoms with Gasteiger partial charge in [0.05, 0.1) is 12.0 Å². The average Bonchev–Trinajstić information content (AvgIpc) is 2.48. The fraction of sp³-hybridized carbons (Fsp3) is 0.562. The van der Waals surface area contributed by atoms with Crippen LogP contribution in [0.1, 0.15) is 38.5 Å². The van der Waals surface area contributed by atoms with Crippen molar-refractivity contribution in [2.75, 3.05) is 6.61 Å². The van der Waals surface area contributed by atoms with E-state index in [4.69, 9.17) is 4.74 Å². The Bertz CT molecular complexity index is 484. The Morgan fingerprint density at radius 3 is 2.15 bits per heavy atom. The van der Waals surface area contributed by atoms with Gasteiger partial charge < -0.3 is 9.84 Å². The number of rotatable bonds is 4. The molecule has 0 aliphatic heterocycles. The number of hydrogen-bond donors (Lipinski definition) is 1. The average molecular weight is 386 g/mol. The van der Waals surface area contributed by atoms with Crippen molar-refractivity contribution >= 4 is 28.6 Å². The van der Waals surface area contributed by atoms with Crippen molar-refractivity contribution in [2.45, 2.75) is 38.5 Å². The van der Waals surface area contributed by atoms with Crippen molar-refractivity contribution in [2.24, 2.45) is 10.8 Å². The maximum Gasteiger partial charge on any atom is 0.309 e. The topological polar surface area (TPSA) is 46.5 Å². The molecular formula is C16H19IO3. The molecule has 0 heterocycles. The first-order valence-corrected chi connectivity index (χ1v) is 8.23. The normalized spacial score (nSPS) is 32.0. The summed E-state index contributed by atoms with van der Waals surface area (Å²) >= 11 is 2.28. The zero-order chi connectivity index (χ0) is 14.2. The van der Waals surface area contributed by atoms with Crippen LogP contribution in [0, 0.1) is 14.4 Å². The largest absolute Gasteiger partial charge is 0.493 e. The molecule has 3 saturated carbocycles. The van der Waals surface area contributed by atoms with Crippen molar-refractivity contribution in [1.29, 1.82) is 0 Å². The van der Waals surface area contributed by atoms with Gasteiger partial charge in [-0.1, -0.05) is 0 Å². The van der Waals surface area contributed by atoms with Crippen molar-refractivity contribution in [3.8, 4) is 5.75 Å². The van der Waals surface area contributed by atoms with Crippen LogP contribution in [0.4, 0.5) is 0 Å². The molecule has 1 aromatic rings. The van der Waals surface area contributed by atoms with Gasteiger partial charge in [-0.15, -0.1) is 0 Å². The lowest BCUT2D eigenvalue weighted by atomic mass is 9.54. The molecule has 3 aliphatic rings. The van der Waals surface area contributed by atoms with Crippen molar-refractivity contribution < 1.29 is 14.6 Å². The van der Waals surface area contributed by atoms with Crippen LogP contribution in [0.3, 0.4) is 0 Å². The third-order valence-electron chi connectivity index (χ3n) is 5.21. The molecule has 1 aromatic carbocycles. The van der Waals surface area contributed by atoms with Gasteiger partial charge in [-0.25, -0.2) is 0 Å². The molecule has 4 heteroatoms. The van der Waals surface area contributed by atoms with E-state index >= 15 is 0 Å². The van der Waals surface area contributed by atoms with Crippen LogP contribution in [0.25, 0.3) is 0 Å². The summed E-state index contributed by atoms with van der Waals surface area (Å²) in [5, 5.41) is 9.40. The standard InChI is InChI=1S/C16H19IO3/c17-12-1-3-13(4-2-12)20-11-15-5-8-16(9-6-15,10-7-15)14(18)19/h1-4H,5-11H2,(H,18,19). The van der Waals surface area contributed by atoms with Gasteiger partial charge >= 0.3 is 5.97 Å². The summed E-state index contributed by atoms with van der Waals surface area (Å²) in [5.74, 6) is 0.324. The molecule has 0 radical (unpaired) electrons. The fourth-order valence-corrected chi connectivity index (χ4v) is 3.93. The number of carboxylic acid groups (broad SMARTS) is 1. The predicted octanol–water partition coefficient (Wildman–Crippen LogP) is 4.10. The van der Waals surface area contributed by atoms with Crippen LogP contribution < -0.4 is 4.74 Å². The Balaban J connectivity index is 1.62. The summed E-state index contributed by atoms with van der Waals surface area (Å²) in [6.07, 6.45) is 5.42. The number of ether oxygens (including phenoxy) is 1. The third kappa shape index (κ3) is 2.54. The van der Waals surface area contributed by atoms with Crippen molar-refractivity contribution in [1.82, 2.24) is 0 Å². The summed E-state index contributed by atoms with van der Waals surface area (Å²) in [5.41, 5.74) is -0.217. The van der Waals surface area contributed by atoms with Gasteiger partial charge in [0.2, 0.25) is 0 Å². The van der Waals surface area contributed by atoms with Crippen LogP contribution >= 0.6 is 22.6 Å². The van der Waals surface area contributed by atoms with E-state index in [0.29, 0.717) is 0 Å². The molecule has 0 unspecified atom stereocenters. The molecule has 4 rings (SSSR count). The molecule has 0 atom stereocenters. The molecule has 0 saturated heterocycles. The monoisotopic (exact) mass is 386 g/mol. The smallest absolute Gasteiger partial charge is 0.309 e. The molecule has 108 valence electrons. The van der Waals surface area contributed by atoms with E-state index in [0.717, 1.165) is 50.9 Å². The minimum Gasteiger partial charge on any atom is -0.493 e. The van der Waals surface area contributed by atoms with E-state index in [1.54, 1.807) is 0 Å². The Kier molecular flexibility index (Phi) is 3.69. The van der Waals surface area contributed by atoms with Gasteiger partial charge in [0.15, 0.2) is 0 Å². The minimum absolute atomic E-state index is 0.209. The van der Waals surface area contributed by atoms with Crippen molar-refractivity contribution in [3.63, 3.8) is 0 Å². The van der Waals surface area contributed by atoms with Gasteiger partial charge in [0.25, 0.3) is 0 Å². The second kappa shape index (κ2) is 5.20. The molecule has 3 aliphatic carbocycles. The third-order valence-corrected chi connectivity index (χ3v) is 5.93. The molecule has 2 bridgehead atoms. The number of aliphatic carboxylic acids is 1. The lowest BCUT2D eigenvalue weighted by molar-refractivity contribution is -0.160. The quantitative estimate of drug-likeness (QED) is 0.793. The van der Waals surface area contributed by atoms with E-state index in [2.05, 4.69) is 22.6 Å². The number of benzene rings is 1. The molecule has 0 amide bonds. The minimum atomic E-state index is -0.593. The molecule has 0 spiro atoms. The van der Waals surface area contributed by atoms with E-state index in [1.165, 1.54) is 3.57 Å². The fourth-order valence-electron chi connectivity index (χ4n) is 3.57. The Hall–Kier alpha value is -0.780. The van der Waals surface area contributed by atoms with Crippen LogP contribution in [0.15, 0.2) is 24.3 Å². The number of carboxylic acids is 1. The van der Waals surface area contributed by atoms with Gasteiger partial charge in [-0.05, 0) is 85.4 Å². The van der Waals surface area contributed by atoms with Crippen LogP contribution in [-0.2, 0) is 4.79 Å². The molecular weight excluding hydrogens is 367 g/mol. The maximum absolute atomic E-state index is 11.4. The zero-order valence-corrected chi connectivity index (χ0v) is 13.6. The molecule has 0 aromatic heterocycles. The highest BCUT2D eigenvalue weighted by Gasteiger charge is 2.52. The van der Waals surface area contributed by atoms with E-state index in [1.807, 2.05) is 24.3 Å². The molecule has 1 N–H and O–H groups in total. The van der Waals surface area contributed by atoms with E-state index in [9.17, 15) is 9.90 Å². The van der Waals surface area contributed by atoms with E-state index in [-0.39, 0.29) is 5.41 Å². The molecule has 3 fully saturated rings. The summed E-state index contributed by atoms with van der Waals surface area (Å²) < 4.78 is 7.17. The first kappa shape index (κ1) is 14.2. The number of hydrogen-bond acceptors (Lipinski definition) is 2. The maximum atomic E-state index is 11.4. The Labute approximate surface area is 132 Å². The van der Waals surface area contributed by atoms with Crippen LogP contribution in [0.2, 0.25) is 0 Å². The van der Waals surface area contributed by atoms with Gasteiger partial charge in [-0.3, -0.25) is 4.79 Å². The van der Waals surface area contributed by atoms with Gasteiger partial charge in [-0.2, -0.15) is 0 Å². The number of halogens is 1. The number of carbonyl (C=O) groups is 1. The lowest BCUT2D eigenvalue weighted by Crippen LogP contribution is -2.48. The number of fused-ring (bicyclic) bond motifs is 3. The Morgan fingerprint density at radius 2 is 1.65 bits per heavy atom. The summed E-state index contributed by atoms with van der Waals surface area (Å²) in [6, 6.07) is 8.10. The van der Waals surface area contributed by atoms with Crippen LogP contribution in [0.5, 0.6) is 5.75 Å². The van der Waals surface area contributed by atoms with Gasteiger partial charge in [0, 0.05) is 8.99 Å². The molecule has 20 heavy (non-hydrogen) atoms. The summed E-state index contributed by atoms with van der Waals surface area (Å²) in [6.45, 7) is 0.725. The predicted molar refractivity (Wildman–Crippen MR) is 84.9 cm³/mol. The highest BCUT2D eigenvalue weighted by atomic mass is 127.